The number of hydrogen-bond acceptors (Lipinski definition) is 4. The van der Waals surface area contributed by atoms with Crippen LogP contribution in [0, 0.1) is 12.8 Å². The Morgan fingerprint density at radius 3 is 3.00 bits per heavy atom. The molecule has 1 aliphatic rings. The van der Waals surface area contributed by atoms with Gasteiger partial charge in [0.05, 0.1) is 18.0 Å². The maximum Gasteiger partial charge on any atom is 0.220 e. The standard InChI is InChI=1S/C19H29N5O2/c1-15-9-18(22(2)21-15)14-23-11-16(10-19(25)20-6-8-26-3)12-24-7-4-5-17(24)13-23/h4-5,7,9,16H,6,8,10-14H2,1-3H3,(H,20,25). The number of nitrogens with one attached hydrogen (secondary N) is 1. The van der Waals surface area contributed by atoms with Crippen LogP contribution in [0.1, 0.15) is 23.5 Å². The van der Waals surface area contributed by atoms with Crippen LogP contribution in [0.25, 0.3) is 0 Å². The molecule has 3 heterocycles. The van der Waals surface area contributed by atoms with Crippen LogP contribution in [0.2, 0.25) is 0 Å². The van der Waals surface area contributed by atoms with E-state index in [1.807, 2.05) is 18.7 Å². The monoisotopic (exact) mass is 359 g/mol. The van der Waals surface area contributed by atoms with Crippen molar-refractivity contribution in [3.8, 4) is 0 Å². The number of hydrogen-bond donors (Lipinski definition) is 1. The van der Waals surface area contributed by atoms with Crippen molar-refractivity contribution in [1.29, 1.82) is 0 Å². The van der Waals surface area contributed by atoms with E-state index in [1.165, 1.54) is 11.4 Å². The fraction of sp³-hybridized carbons (Fsp3) is 0.579. The highest BCUT2D eigenvalue weighted by molar-refractivity contribution is 5.76. The fourth-order valence-electron chi connectivity index (χ4n) is 3.68. The molecular weight excluding hydrogens is 330 g/mol. The second-order valence-corrected chi connectivity index (χ2v) is 7.14. The predicted molar refractivity (Wildman–Crippen MR) is 99.5 cm³/mol. The Kier molecular flexibility index (Phi) is 6.11. The molecule has 1 unspecified atom stereocenters. The lowest BCUT2D eigenvalue weighted by Gasteiger charge is -2.23. The van der Waals surface area contributed by atoms with E-state index in [-0.39, 0.29) is 11.8 Å². The third-order valence-corrected chi connectivity index (χ3v) is 4.87. The third kappa shape index (κ3) is 4.74. The van der Waals surface area contributed by atoms with Crippen molar-refractivity contribution in [1.82, 2.24) is 24.6 Å². The van der Waals surface area contributed by atoms with Gasteiger partial charge in [-0.05, 0) is 31.0 Å². The fourth-order valence-corrected chi connectivity index (χ4v) is 3.68. The zero-order valence-electron chi connectivity index (χ0n) is 15.9. The molecule has 0 saturated heterocycles. The number of carbonyl (C=O) groups excluding carboxylic acids is 1. The first kappa shape index (κ1) is 18.7. The highest BCUT2D eigenvalue weighted by Gasteiger charge is 2.24. The average Bonchev–Trinajstić information content (AvgIpc) is 3.09. The molecule has 142 valence electrons. The first-order valence-electron chi connectivity index (χ1n) is 9.16. The van der Waals surface area contributed by atoms with Gasteiger partial charge in [0.2, 0.25) is 5.91 Å². The third-order valence-electron chi connectivity index (χ3n) is 4.87. The molecule has 0 saturated carbocycles. The van der Waals surface area contributed by atoms with E-state index >= 15 is 0 Å². The Bertz CT molecular complexity index is 736. The molecular formula is C19H29N5O2. The lowest BCUT2D eigenvalue weighted by atomic mass is 10.0. The number of fused-ring (bicyclic) bond motifs is 1. The summed E-state index contributed by atoms with van der Waals surface area (Å²) in [6, 6.07) is 6.39. The second-order valence-electron chi connectivity index (χ2n) is 7.14. The summed E-state index contributed by atoms with van der Waals surface area (Å²) in [6.07, 6.45) is 2.64. The lowest BCUT2D eigenvalue weighted by molar-refractivity contribution is -0.122. The van der Waals surface area contributed by atoms with Gasteiger partial charge in [-0.25, -0.2) is 0 Å². The van der Waals surface area contributed by atoms with E-state index in [1.54, 1.807) is 7.11 Å². The number of ether oxygens (including phenoxy) is 1. The summed E-state index contributed by atoms with van der Waals surface area (Å²) < 4.78 is 9.23. The van der Waals surface area contributed by atoms with Crippen LogP contribution < -0.4 is 5.32 Å². The molecule has 1 atom stereocenters. The van der Waals surface area contributed by atoms with Gasteiger partial charge in [0.25, 0.3) is 0 Å². The molecule has 26 heavy (non-hydrogen) atoms. The highest BCUT2D eigenvalue weighted by Crippen LogP contribution is 2.21. The number of methoxy groups -OCH3 is 1. The van der Waals surface area contributed by atoms with Crippen LogP contribution in [0.15, 0.2) is 24.4 Å². The molecule has 2 aromatic heterocycles. The summed E-state index contributed by atoms with van der Waals surface area (Å²) in [5, 5.41) is 7.39. The summed E-state index contributed by atoms with van der Waals surface area (Å²) >= 11 is 0. The minimum Gasteiger partial charge on any atom is -0.383 e. The molecule has 7 nitrogen and oxygen atoms in total. The lowest BCUT2D eigenvalue weighted by Crippen LogP contribution is -2.33. The molecule has 7 heteroatoms. The molecule has 1 aliphatic heterocycles. The average molecular weight is 359 g/mol. The van der Waals surface area contributed by atoms with E-state index in [2.05, 4.69) is 44.3 Å². The first-order valence-corrected chi connectivity index (χ1v) is 9.16. The zero-order valence-corrected chi connectivity index (χ0v) is 15.9. The molecule has 2 aromatic rings. The summed E-state index contributed by atoms with van der Waals surface area (Å²) in [5.74, 6) is 0.375. The summed E-state index contributed by atoms with van der Waals surface area (Å²) in [4.78, 5) is 14.7. The number of rotatable bonds is 7. The normalized spacial score (nSPS) is 17.7. The molecule has 0 aromatic carbocycles. The molecule has 0 fully saturated rings. The van der Waals surface area contributed by atoms with Crippen molar-refractivity contribution in [2.45, 2.75) is 33.0 Å². The minimum absolute atomic E-state index is 0.0963. The number of carbonyl (C=O) groups is 1. The molecule has 0 bridgehead atoms. The summed E-state index contributed by atoms with van der Waals surface area (Å²) in [7, 11) is 3.63. The van der Waals surface area contributed by atoms with Gasteiger partial charge >= 0.3 is 0 Å². The van der Waals surface area contributed by atoms with Crippen molar-refractivity contribution < 1.29 is 9.53 Å². The largest absolute Gasteiger partial charge is 0.383 e. The van der Waals surface area contributed by atoms with Gasteiger partial charge < -0.3 is 14.6 Å². The Morgan fingerprint density at radius 1 is 1.42 bits per heavy atom. The SMILES string of the molecule is COCCNC(=O)CC1CN(Cc2cc(C)nn2C)Cc2cccn2C1. The maximum atomic E-state index is 12.3. The van der Waals surface area contributed by atoms with Gasteiger partial charge in [-0.2, -0.15) is 5.10 Å². The van der Waals surface area contributed by atoms with Gasteiger partial charge in [0.1, 0.15) is 0 Å². The molecule has 1 N–H and O–H groups in total. The summed E-state index contributed by atoms with van der Waals surface area (Å²) in [6.45, 7) is 6.62. The van der Waals surface area contributed by atoms with E-state index < -0.39 is 0 Å². The molecule has 0 aliphatic carbocycles. The van der Waals surface area contributed by atoms with E-state index in [9.17, 15) is 4.79 Å². The van der Waals surface area contributed by atoms with Crippen LogP contribution in [-0.2, 0) is 36.2 Å². The molecule has 0 radical (unpaired) electrons. The Labute approximate surface area is 154 Å². The molecule has 3 rings (SSSR count). The van der Waals surface area contributed by atoms with Crippen molar-refractivity contribution in [2.75, 3.05) is 26.8 Å². The predicted octanol–water partition coefficient (Wildman–Crippen LogP) is 1.31. The zero-order chi connectivity index (χ0) is 18.5. The second kappa shape index (κ2) is 8.51. The molecule has 0 spiro atoms. The number of nitrogens with zero attached hydrogens (tertiary/aromatic N) is 4. The number of aryl methyl sites for hydroxylation is 2. The van der Waals surface area contributed by atoms with Crippen LogP contribution in [0.4, 0.5) is 0 Å². The Morgan fingerprint density at radius 2 is 2.27 bits per heavy atom. The molecule has 1 amide bonds. The van der Waals surface area contributed by atoms with Crippen molar-refractivity contribution in [3.63, 3.8) is 0 Å². The van der Waals surface area contributed by atoms with Crippen molar-refractivity contribution in [2.24, 2.45) is 13.0 Å². The number of aromatic nitrogens is 3. The van der Waals surface area contributed by atoms with E-state index in [4.69, 9.17) is 4.74 Å². The van der Waals surface area contributed by atoms with E-state index in [0.717, 1.165) is 31.9 Å². The van der Waals surface area contributed by atoms with Crippen LogP contribution in [-0.4, -0.2) is 52.0 Å². The van der Waals surface area contributed by atoms with Crippen molar-refractivity contribution in [3.05, 3.63) is 41.5 Å². The maximum absolute atomic E-state index is 12.3. The van der Waals surface area contributed by atoms with Crippen LogP contribution in [0.5, 0.6) is 0 Å². The Hall–Kier alpha value is -2.12. The van der Waals surface area contributed by atoms with Crippen molar-refractivity contribution >= 4 is 5.91 Å². The number of amides is 1. The summed E-state index contributed by atoms with van der Waals surface area (Å²) in [5.41, 5.74) is 3.53. The van der Waals surface area contributed by atoms with Crippen LogP contribution in [0.3, 0.4) is 0 Å². The smallest absolute Gasteiger partial charge is 0.220 e. The van der Waals surface area contributed by atoms with E-state index in [0.29, 0.717) is 19.6 Å². The van der Waals surface area contributed by atoms with Gasteiger partial charge in [-0.15, -0.1) is 0 Å². The first-order chi connectivity index (χ1) is 12.5. The topological polar surface area (TPSA) is 64.3 Å². The van der Waals surface area contributed by atoms with Crippen LogP contribution >= 0.6 is 0 Å². The van der Waals surface area contributed by atoms with Gasteiger partial charge in [0, 0.05) is 65.2 Å². The van der Waals surface area contributed by atoms with Gasteiger partial charge in [0.15, 0.2) is 0 Å². The van der Waals surface area contributed by atoms with Gasteiger partial charge in [-0.3, -0.25) is 14.4 Å². The highest BCUT2D eigenvalue weighted by atomic mass is 16.5. The minimum atomic E-state index is 0.0963. The quantitative estimate of drug-likeness (QED) is 0.757. The Balaban J connectivity index is 1.68. The van der Waals surface area contributed by atoms with Gasteiger partial charge in [-0.1, -0.05) is 0 Å².